The van der Waals surface area contributed by atoms with Crippen molar-refractivity contribution < 1.29 is 4.79 Å². The van der Waals surface area contributed by atoms with Gasteiger partial charge in [-0.25, -0.2) is 4.79 Å². The maximum atomic E-state index is 12.1. The number of urea groups is 1. The molecule has 1 fully saturated rings. The Morgan fingerprint density at radius 2 is 2.05 bits per heavy atom. The number of pyridine rings is 1. The molecule has 1 aromatic heterocycles. The molecule has 2 aromatic rings. The molecule has 2 heterocycles. The average molecular weight is 303 g/mol. The largest absolute Gasteiger partial charge is 0.334 e. The van der Waals surface area contributed by atoms with E-state index in [4.69, 9.17) is 0 Å². The standard InChI is InChI=1S/C15H17N3O2S/c19-14-9-11(12-3-1-2-4-13(12)17-14)10-16-15(20)18-5-7-21-8-6-18/h1-4,9H,5-8,10H2,(H,16,20)(H,17,19). The van der Waals surface area contributed by atoms with Gasteiger partial charge < -0.3 is 15.2 Å². The van der Waals surface area contributed by atoms with Crippen LogP contribution in [-0.2, 0) is 6.54 Å². The number of nitrogens with one attached hydrogen (secondary N) is 2. The van der Waals surface area contributed by atoms with Gasteiger partial charge >= 0.3 is 6.03 Å². The molecule has 1 aliphatic heterocycles. The minimum atomic E-state index is -0.146. The summed E-state index contributed by atoms with van der Waals surface area (Å²) >= 11 is 1.87. The molecule has 0 radical (unpaired) electrons. The minimum Gasteiger partial charge on any atom is -0.334 e. The molecule has 5 nitrogen and oxygen atoms in total. The van der Waals surface area contributed by atoms with Crippen molar-refractivity contribution in [3.63, 3.8) is 0 Å². The van der Waals surface area contributed by atoms with Crippen LogP contribution in [0.5, 0.6) is 0 Å². The van der Waals surface area contributed by atoms with Crippen LogP contribution in [0.3, 0.4) is 0 Å². The number of aromatic nitrogens is 1. The highest BCUT2D eigenvalue weighted by atomic mass is 32.2. The Bertz CT molecular complexity index is 707. The molecule has 21 heavy (non-hydrogen) atoms. The maximum absolute atomic E-state index is 12.1. The lowest BCUT2D eigenvalue weighted by atomic mass is 10.1. The third kappa shape index (κ3) is 3.21. The van der Waals surface area contributed by atoms with Crippen molar-refractivity contribution in [2.45, 2.75) is 6.54 Å². The number of nitrogens with zero attached hydrogens (tertiary/aromatic N) is 1. The molecule has 2 amide bonds. The number of hydrogen-bond acceptors (Lipinski definition) is 3. The van der Waals surface area contributed by atoms with Crippen LogP contribution in [0.25, 0.3) is 10.9 Å². The molecule has 2 N–H and O–H groups in total. The average Bonchev–Trinajstić information content (AvgIpc) is 2.53. The van der Waals surface area contributed by atoms with Gasteiger partial charge in [0.2, 0.25) is 5.56 Å². The van der Waals surface area contributed by atoms with E-state index >= 15 is 0 Å². The van der Waals surface area contributed by atoms with Crippen LogP contribution in [0, 0.1) is 0 Å². The topological polar surface area (TPSA) is 65.2 Å². The second-order valence-electron chi connectivity index (χ2n) is 4.96. The molecular formula is C15H17N3O2S. The van der Waals surface area contributed by atoms with E-state index in [-0.39, 0.29) is 11.6 Å². The van der Waals surface area contributed by atoms with Crippen molar-refractivity contribution >= 4 is 28.7 Å². The number of fused-ring (bicyclic) bond motifs is 1. The third-order valence-electron chi connectivity index (χ3n) is 3.56. The summed E-state index contributed by atoms with van der Waals surface area (Å²) in [4.78, 5) is 28.4. The number of benzene rings is 1. The summed E-state index contributed by atoms with van der Waals surface area (Å²) in [5.41, 5.74) is 1.49. The normalized spacial score (nSPS) is 15.1. The number of carbonyl (C=O) groups is 1. The number of thioether (sulfide) groups is 1. The van der Waals surface area contributed by atoms with Crippen LogP contribution in [0.2, 0.25) is 0 Å². The highest BCUT2D eigenvalue weighted by Crippen LogP contribution is 2.14. The first-order valence-electron chi connectivity index (χ1n) is 6.95. The second kappa shape index (κ2) is 6.22. The molecule has 0 unspecified atom stereocenters. The third-order valence-corrected chi connectivity index (χ3v) is 4.51. The van der Waals surface area contributed by atoms with Gasteiger partial charge in [-0.15, -0.1) is 0 Å². The van der Waals surface area contributed by atoms with E-state index in [0.717, 1.165) is 41.1 Å². The van der Waals surface area contributed by atoms with Gasteiger partial charge in [-0.1, -0.05) is 18.2 Å². The molecular weight excluding hydrogens is 286 g/mol. The molecule has 0 spiro atoms. The fourth-order valence-corrected chi connectivity index (χ4v) is 3.38. The van der Waals surface area contributed by atoms with E-state index < -0.39 is 0 Å². The summed E-state index contributed by atoms with van der Waals surface area (Å²) in [6.07, 6.45) is 0. The van der Waals surface area contributed by atoms with Gasteiger partial charge in [0.25, 0.3) is 0 Å². The quantitative estimate of drug-likeness (QED) is 0.889. The first kappa shape index (κ1) is 14.0. The molecule has 0 bridgehead atoms. The molecule has 0 saturated carbocycles. The van der Waals surface area contributed by atoms with Crippen molar-refractivity contribution in [3.8, 4) is 0 Å². The molecule has 1 aromatic carbocycles. The number of H-pyrrole nitrogens is 1. The number of rotatable bonds is 2. The number of amides is 2. The van der Waals surface area contributed by atoms with Gasteiger partial charge in [0.15, 0.2) is 0 Å². The lowest BCUT2D eigenvalue weighted by Gasteiger charge is -2.26. The summed E-state index contributed by atoms with van der Waals surface area (Å²) in [7, 11) is 0. The zero-order chi connectivity index (χ0) is 14.7. The number of aromatic amines is 1. The number of carbonyl (C=O) groups excluding carboxylic acids is 1. The molecule has 110 valence electrons. The summed E-state index contributed by atoms with van der Waals surface area (Å²) in [5.74, 6) is 1.97. The lowest BCUT2D eigenvalue weighted by Crippen LogP contribution is -2.44. The predicted molar refractivity (Wildman–Crippen MR) is 85.7 cm³/mol. The van der Waals surface area contributed by atoms with E-state index in [2.05, 4.69) is 10.3 Å². The van der Waals surface area contributed by atoms with Crippen LogP contribution in [-0.4, -0.2) is 40.5 Å². The minimum absolute atomic E-state index is 0.0559. The van der Waals surface area contributed by atoms with Crippen molar-refractivity contribution in [3.05, 3.63) is 46.2 Å². The highest BCUT2D eigenvalue weighted by Gasteiger charge is 2.16. The monoisotopic (exact) mass is 303 g/mol. The zero-order valence-electron chi connectivity index (χ0n) is 11.6. The molecule has 6 heteroatoms. The Labute approximate surface area is 126 Å². The van der Waals surface area contributed by atoms with E-state index in [1.165, 1.54) is 0 Å². The van der Waals surface area contributed by atoms with Gasteiger partial charge in [0.1, 0.15) is 0 Å². The van der Waals surface area contributed by atoms with Crippen LogP contribution in [0.1, 0.15) is 5.56 Å². The summed E-state index contributed by atoms with van der Waals surface area (Å²) < 4.78 is 0. The first-order valence-corrected chi connectivity index (χ1v) is 8.11. The number of hydrogen-bond donors (Lipinski definition) is 2. The van der Waals surface area contributed by atoms with Crippen LogP contribution in [0.4, 0.5) is 4.79 Å². The molecule has 3 rings (SSSR count). The molecule has 0 aliphatic carbocycles. The van der Waals surface area contributed by atoms with Gasteiger partial charge in [-0.05, 0) is 11.6 Å². The van der Waals surface area contributed by atoms with E-state index in [1.807, 2.05) is 40.9 Å². The molecule has 1 saturated heterocycles. The fraction of sp³-hybridized carbons (Fsp3) is 0.333. The fourth-order valence-electron chi connectivity index (χ4n) is 2.47. The Balaban J connectivity index is 1.75. The SMILES string of the molecule is O=C(NCc1cc(=O)[nH]c2ccccc12)N1CCSCC1. The van der Waals surface area contributed by atoms with Gasteiger partial charge in [0, 0.05) is 48.1 Å². The van der Waals surface area contributed by atoms with Gasteiger partial charge in [0.05, 0.1) is 0 Å². The van der Waals surface area contributed by atoms with Gasteiger partial charge in [-0.3, -0.25) is 4.79 Å². The van der Waals surface area contributed by atoms with Crippen molar-refractivity contribution in [1.29, 1.82) is 0 Å². The Kier molecular flexibility index (Phi) is 4.15. The lowest BCUT2D eigenvalue weighted by molar-refractivity contribution is 0.202. The van der Waals surface area contributed by atoms with Crippen LogP contribution >= 0.6 is 11.8 Å². The maximum Gasteiger partial charge on any atom is 0.317 e. The van der Waals surface area contributed by atoms with Crippen LogP contribution in [0.15, 0.2) is 35.1 Å². The molecule has 1 aliphatic rings. The highest BCUT2D eigenvalue weighted by molar-refractivity contribution is 7.99. The van der Waals surface area contributed by atoms with Crippen molar-refractivity contribution in [1.82, 2.24) is 15.2 Å². The second-order valence-corrected chi connectivity index (χ2v) is 6.19. The smallest absolute Gasteiger partial charge is 0.317 e. The Morgan fingerprint density at radius 1 is 1.29 bits per heavy atom. The summed E-state index contributed by atoms with van der Waals surface area (Å²) in [5, 5.41) is 3.88. The summed E-state index contributed by atoms with van der Waals surface area (Å²) in [6.45, 7) is 1.94. The molecule has 0 atom stereocenters. The van der Waals surface area contributed by atoms with E-state index in [9.17, 15) is 9.59 Å². The summed E-state index contributed by atoms with van der Waals surface area (Å²) in [6, 6.07) is 9.11. The predicted octanol–water partition coefficient (Wildman–Crippen LogP) is 1.79. The van der Waals surface area contributed by atoms with Crippen molar-refractivity contribution in [2.75, 3.05) is 24.6 Å². The Hall–Kier alpha value is -1.95. The number of para-hydroxylation sites is 1. The zero-order valence-corrected chi connectivity index (χ0v) is 12.4. The van der Waals surface area contributed by atoms with E-state index in [0.29, 0.717) is 6.54 Å². The first-order chi connectivity index (χ1) is 10.2. The van der Waals surface area contributed by atoms with E-state index in [1.54, 1.807) is 6.07 Å². The van der Waals surface area contributed by atoms with Crippen molar-refractivity contribution in [2.24, 2.45) is 0 Å². The Morgan fingerprint density at radius 3 is 2.86 bits per heavy atom. The van der Waals surface area contributed by atoms with Crippen LogP contribution < -0.4 is 10.9 Å². The van der Waals surface area contributed by atoms with Gasteiger partial charge in [-0.2, -0.15) is 11.8 Å².